The second-order valence-corrected chi connectivity index (χ2v) is 3.78. The zero-order valence-electron chi connectivity index (χ0n) is 8.89. The third kappa shape index (κ3) is 1.75. The Kier molecular flexibility index (Phi) is 2.58. The Morgan fingerprint density at radius 1 is 1.06 bits per heavy atom. The number of nitrogens with zero attached hydrogens (tertiary/aromatic N) is 1. The molecule has 0 fully saturated rings. The summed E-state index contributed by atoms with van der Waals surface area (Å²) in [5.74, 6) is -0.345. The predicted molar refractivity (Wildman–Crippen MR) is 56.1 cm³/mol. The molecular formula is C12H10F3N. The summed E-state index contributed by atoms with van der Waals surface area (Å²) >= 11 is 0. The molecule has 1 aromatic carbocycles. The topological polar surface area (TPSA) is 12.9 Å². The molecule has 0 aliphatic rings. The van der Waals surface area contributed by atoms with Gasteiger partial charge in [0.1, 0.15) is 11.5 Å². The van der Waals surface area contributed by atoms with Crippen molar-refractivity contribution in [2.75, 3.05) is 0 Å². The second kappa shape index (κ2) is 3.77. The Bertz CT molecular complexity index is 549. The number of aryl methyl sites for hydroxylation is 2. The van der Waals surface area contributed by atoms with E-state index in [1.54, 1.807) is 13.8 Å². The van der Waals surface area contributed by atoms with Crippen LogP contribution >= 0.6 is 0 Å². The van der Waals surface area contributed by atoms with E-state index in [1.165, 1.54) is 18.2 Å². The number of aromatic nitrogens is 1. The van der Waals surface area contributed by atoms with Crippen LogP contribution in [-0.4, -0.2) is 4.98 Å². The molecule has 84 valence electrons. The number of halogens is 3. The van der Waals surface area contributed by atoms with Gasteiger partial charge < -0.3 is 0 Å². The summed E-state index contributed by atoms with van der Waals surface area (Å²) in [6, 6.07) is 4.12. The number of fused-ring (bicyclic) bond motifs is 1. The van der Waals surface area contributed by atoms with Gasteiger partial charge in [0.05, 0.1) is 5.52 Å². The van der Waals surface area contributed by atoms with E-state index in [0.717, 1.165) is 0 Å². The summed E-state index contributed by atoms with van der Waals surface area (Å²) in [7, 11) is 0. The molecule has 0 unspecified atom stereocenters. The molecule has 0 atom stereocenters. The maximum absolute atomic E-state index is 13.3. The van der Waals surface area contributed by atoms with Gasteiger partial charge in [-0.2, -0.15) is 0 Å². The van der Waals surface area contributed by atoms with Crippen LogP contribution < -0.4 is 0 Å². The van der Waals surface area contributed by atoms with Gasteiger partial charge in [-0.15, -0.1) is 0 Å². The van der Waals surface area contributed by atoms with Crippen molar-refractivity contribution in [3.63, 3.8) is 0 Å². The average molecular weight is 225 g/mol. The van der Waals surface area contributed by atoms with Crippen molar-refractivity contribution in [1.82, 2.24) is 4.98 Å². The fourth-order valence-corrected chi connectivity index (χ4v) is 1.66. The van der Waals surface area contributed by atoms with E-state index in [0.29, 0.717) is 22.0 Å². The lowest BCUT2D eigenvalue weighted by Gasteiger charge is -2.07. The van der Waals surface area contributed by atoms with Gasteiger partial charge >= 0.3 is 0 Å². The second-order valence-electron chi connectivity index (χ2n) is 3.78. The maximum atomic E-state index is 13.3. The first-order valence-corrected chi connectivity index (χ1v) is 4.84. The predicted octanol–water partition coefficient (Wildman–Crippen LogP) is 3.93. The Labute approximate surface area is 90.9 Å². The van der Waals surface area contributed by atoms with Crippen LogP contribution in [0.3, 0.4) is 0 Å². The summed E-state index contributed by atoms with van der Waals surface area (Å²) in [6.45, 7) is 3.26. The summed E-state index contributed by atoms with van der Waals surface area (Å²) in [6.07, 6.45) is -2.60. The third-order valence-electron chi connectivity index (χ3n) is 2.54. The first kappa shape index (κ1) is 10.9. The van der Waals surface area contributed by atoms with Gasteiger partial charge in [-0.05, 0) is 43.2 Å². The molecule has 0 radical (unpaired) electrons. The standard InChI is InChI=1S/C12H10F3N/c1-6-3-11(12(14)15)16-10-4-7(2)9(13)5-8(6)10/h3-5,12H,1-2H3. The highest BCUT2D eigenvalue weighted by Crippen LogP contribution is 2.25. The van der Waals surface area contributed by atoms with Crippen molar-refractivity contribution in [3.05, 3.63) is 40.8 Å². The van der Waals surface area contributed by atoms with E-state index in [1.807, 2.05) is 0 Å². The van der Waals surface area contributed by atoms with E-state index >= 15 is 0 Å². The monoisotopic (exact) mass is 225 g/mol. The summed E-state index contributed by atoms with van der Waals surface area (Å²) in [5, 5.41) is 0.576. The number of alkyl halides is 2. The van der Waals surface area contributed by atoms with Crippen LogP contribution in [-0.2, 0) is 0 Å². The highest BCUT2D eigenvalue weighted by molar-refractivity contribution is 5.83. The Morgan fingerprint density at radius 2 is 1.75 bits per heavy atom. The lowest BCUT2D eigenvalue weighted by molar-refractivity contribution is 0.146. The molecule has 4 heteroatoms. The highest BCUT2D eigenvalue weighted by atomic mass is 19.3. The fourth-order valence-electron chi connectivity index (χ4n) is 1.66. The van der Waals surface area contributed by atoms with Crippen molar-refractivity contribution < 1.29 is 13.2 Å². The van der Waals surface area contributed by atoms with Crippen LogP contribution in [0.2, 0.25) is 0 Å². The molecule has 0 spiro atoms. The zero-order chi connectivity index (χ0) is 11.9. The molecule has 1 aromatic heterocycles. The smallest absolute Gasteiger partial charge is 0.247 e. The molecule has 1 heterocycles. The van der Waals surface area contributed by atoms with Crippen LogP contribution in [0.4, 0.5) is 13.2 Å². The van der Waals surface area contributed by atoms with Gasteiger partial charge in [0.25, 0.3) is 6.43 Å². The Hall–Kier alpha value is -1.58. The Balaban J connectivity index is 2.77. The van der Waals surface area contributed by atoms with E-state index < -0.39 is 6.43 Å². The average Bonchev–Trinajstić information content (AvgIpc) is 2.20. The highest BCUT2D eigenvalue weighted by Gasteiger charge is 2.12. The van der Waals surface area contributed by atoms with Gasteiger partial charge in [0.2, 0.25) is 0 Å². The number of benzene rings is 1. The van der Waals surface area contributed by atoms with E-state index in [2.05, 4.69) is 4.98 Å². The molecule has 0 N–H and O–H groups in total. The summed E-state index contributed by atoms with van der Waals surface area (Å²) < 4.78 is 38.3. The molecular weight excluding hydrogens is 215 g/mol. The minimum atomic E-state index is -2.60. The molecule has 0 amide bonds. The molecule has 0 bridgehead atoms. The van der Waals surface area contributed by atoms with Crippen molar-refractivity contribution in [1.29, 1.82) is 0 Å². The molecule has 16 heavy (non-hydrogen) atoms. The maximum Gasteiger partial charge on any atom is 0.280 e. The van der Waals surface area contributed by atoms with Crippen LogP contribution in [0.15, 0.2) is 18.2 Å². The van der Waals surface area contributed by atoms with Crippen LogP contribution in [0.1, 0.15) is 23.2 Å². The van der Waals surface area contributed by atoms with Gasteiger partial charge in [-0.25, -0.2) is 18.2 Å². The molecule has 0 saturated carbocycles. The minimum Gasteiger partial charge on any atom is -0.247 e. The summed E-state index contributed by atoms with van der Waals surface area (Å²) in [4.78, 5) is 3.82. The zero-order valence-corrected chi connectivity index (χ0v) is 8.89. The first-order valence-electron chi connectivity index (χ1n) is 4.84. The number of rotatable bonds is 1. The van der Waals surface area contributed by atoms with E-state index in [9.17, 15) is 13.2 Å². The molecule has 1 nitrogen and oxygen atoms in total. The van der Waals surface area contributed by atoms with Gasteiger partial charge in [-0.3, -0.25) is 0 Å². The quantitative estimate of drug-likeness (QED) is 0.716. The van der Waals surface area contributed by atoms with Gasteiger partial charge in [0, 0.05) is 5.39 Å². The summed E-state index contributed by atoms with van der Waals surface area (Å²) in [5.41, 5.74) is 1.16. The van der Waals surface area contributed by atoms with Crippen LogP contribution in [0.25, 0.3) is 10.9 Å². The van der Waals surface area contributed by atoms with Crippen molar-refractivity contribution in [3.8, 4) is 0 Å². The molecule has 0 saturated heterocycles. The normalized spacial score (nSPS) is 11.4. The molecule has 2 aromatic rings. The van der Waals surface area contributed by atoms with Gasteiger partial charge in [0.15, 0.2) is 0 Å². The van der Waals surface area contributed by atoms with Crippen molar-refractivity contribution in [2.24, 2.45) is 0 Å². The minimum absolute atomic E-state index is 0.268. The third-order valence-corrected chi connectivity index (χ3v) is 2.54. The molecule has 2 rings (SSSR count). The molecule has 0 aliphatic heterocycles. The number of pyridine rings is 1. The number of hydrogen-bond donors (Lipinski definition) is 0. The fraction of sp³-hybridized carbons (Fsp3) is 0.250. The van der Waals surface area contributed by atoms with Crippen molar-refractivity contribution >= 4 is 10.9 Å². The van der Waals surface area contributed by atoms with E-state index in [4.69, 9.17) is 0 Å². The van der Waals surface area contributed by atoms with E-state index in [-0.39, 0.29) is 11.5 Å². The Morgan fingerprint density at radius 3 is 2.38 bits per heavy atom. The van der Waals surface area contributed by atoms with Gasteiger partial charge in [-0.1, -0.05) is 0 Å². The van der Waals surface area contributed by atoms with Crippen molar-refractivity contribution in [2.45, 2.75) is 20.3 Å². The van der Waals surface area contributed by atoms with Crippen LogP contribution in [0.5, 0.6) is 0 Å². The van der Waals surface area contributed by atoms with Crippen LogP contribution in [0, 0.1) is 19.7 Å². The molecule has 0 aliphatic carbocycles. The SMILES string of the molecule is Cc1cc2nc(C(F)F)cc(C)c2cc1F. The lowest BCUT2D eigenvalue weighted by Crippen LogP contribution is -1.95. The lowest BCUT2D eigenvalue weighted by atomic mass is 10.1. The largest absolute Gasteiger partial charge is 0.280 e. The first-order chi connectivity index (χ1) is 7.49. The number of hydrogen-bond acceptors (Lipinski definition) is 1.